The number of rotatable bonds is 8. The number of amides is 1. The Balaban J connectivity index is 1.57. The lowest BCUT2D eigenvalue weighted by atomic mass is 10.1. The minimum absolute atomic E-state index is 0.0965. The van der Waals surface area contributed by atoms with Crippen LogP contribution in [0.5, 0.6) is 0 Å². The van der Waals surface area contributed by atoms with E-state index in [0.29, 0.717) is 31.0 Å². The molecular weight excluding hydrogens is 400 g/mol. The summed E-state index contributed by atoms with van der Waals surface area (Å²) >= 11 is 0. The van der Waals surface area contributed by atoms with E-state index in [-0.39, 0.29) is 17.3 Å². The topological polar surface area (TPSA) is 90.9 Å². The Labute approximate surface area is 178 Å². The fraction of sp³-hybridized carbons (Fsp3) is 0.364. The van der Waals surface area contributed by atoms with Gasteiger partial charge >= 0.3 is 0 Å². The summed E-state index contributed by atoms with van der Waals surface area (Å²) in [7, 11) is -1.84. The number of sulfonamides is 1. The zero-order valence-corrected chi connectivity index (χ0v) is 18.2. The van der Waals surface area contributed by atoms with Crippen molar-refractivity contribution >= 4 is 27.5 Å². The number of benzene rings is 2. The Hall–Kier alpha value is -2.71. The first-order valence-corrected chi connectivity index (χ1v) is 11.6. The molecule has 30 heavy (non-hydrogen) atoms. The van der Waals surface area contributed by atoms with Gasteiger partial charge in [0, 0.05) is 25.2 Å². The van der Waals surface area contributed by atoms with Crippen LogP contribution in [-0.4, -0.2) is 45.2 Å². The lowest BCUT2D eigenvalue weighted by molar-refractivity contribution is -0.117. The highest BCUT2D eigenvalue weighted by molar-refractivity contribution is 7.90. The van der Waals surface area contributed by atoms with E-state index < -0.39 is 10.0 Å². The first-order chi connectivity index (χ1) is 14.4. The van der Waals surface area contributed by atoms with E-state index in [4.69, 9.17) is 0 Å². The standard InChI is InChI=1S/C22H28N4O3S/c1-3-17-9-11-18(12-10-17)15-26(2)16-22(27)24-19-6-4-7-20(14-19)30(28,29)25-21-8-5-13-23-21/h4,6-7,9-12,14H,3,5,8,13,15-16H2,1-2H3,(H,23,25)(H,24,27). The fourth-order valence-electron chi connectivity index (χ4n) is 3.27. The fourth-order valence-corrected chi connectivity index (χ4v) is 4.41. The van der Waals surface area contributed by atoms with Crippen LogP contribution < -0.4 is 10.0 Å². The van der Waals surface area contributed by atoms with Crippen LogP contribution in [0.3, 0.4) is 0 Å². The van der Waals surface area contributed by atoms with Gasteiger partial charge in [0.15, 0.2) is 0 Å². The van der Waals surface area contributed by atoms with Gasteiger partial charge in [-0.15, -0.1) is 0 Å². The summed E-state index contributed by atoms with van der Waals surface area (Å²) in [6.07, 6.45) is 2.48. The number of hydrogen-bond donors (Lipinski definition) is 2. The highest BCUT2D eigenvalue weighted by Crippen LogP contribution is 2.16. The second-order valence-electron chi connectivity index (χ2n) is 7.46. The van der Waals surface area contributed by atoms with Gasteiger partial charge in [0.1, 0.15) is 5.84 Å². The monoisotopic (exact) mass is 428 g/mol. The molecule has 0 bridgehead atoms. The van der Waals surface area contributed by atoms with E-state index in [2.05, 4.69) is 46.2 Å². The van der Waals surface area contributed by atoms with Crippen molar-refractivity contribution in [2.75, 3.05) is 25.5 Å². The molecule has 1 aliphatic heterocycles. The third-order valence-electron chi connectivity index (χ3n) is 4.85. The van der Waals surface area contributed by atoms with Gasteiger partial charge in [0.2, 0.25) is 5.91 Å². The number of carbonyl (C=O) groups is 1. The normalized spacial score (nSPS) is 13.9. The zero-order chi connectivity index (χ0) is 21.6. The molecule has 1 aliphatic rings. The third kappa shape index (κ3) is 6.14. The van der Waals surface area contributed by atoms with Crippen molar-refractivity contribution in [2.24, 2.45) is 4.99 Å². The van der Waals surface area contributed by atoms with E-state index in [1.807, 2.05) is 11.9 Å². The molecule has 7 nitrogen and oxygen atoms in total. The summed E-state index contributed by atoms with van der Waals surface area (Å²) in [5.74, 6) is 0.281. The third-order valence-corrected chi connectivity index (χ3v) is 6.23. The first-order valence-electron chi connectivity index (χ1n) is 10.1. The Morgan fingerprint density at radius 1 is 1.13 bits per heavy atom. The summed E-state index contributed by atoms with van der Waals surface area (Å²) in [6.45, 7) is 3.61. The first kappa shape index (κ1) is 22.0. The smallest absolute Gasteiger partial charge is 0.262 e. The van der Waals surface area contributed by atoms with Gasteiger partial charge in [-0.3, -0.25) is 19.4 Å². The molecule has 2 N–H and O–H groups in total. The average Bonchev–Trinajstić information content (AvgIpc) is 3.21. The maximum Gasteiger partial charge on any atom is 0.262 e. The maximum absolute atomic E-state index is 12.5. The molecule has 8 heteroatoms. The van der Waals surface area contributed by atoms with Gasteiger partial charge in [0.25, 0.3) is 10.0 Å². The van der Waals surface area contributed by atoms with Gasteiger partial charge in [-0.1, -0.05) is 37.3 Å². The molecular formula is C22H28N4O3S. The van der Waals surface area contributed by atoms with Crippen LogP contribution in [-0.2, 0) is 27.8 Å². The van der Waals surface area contributed by atoms with Gasteiger partial charge in [-0.25, -0.2) is 8.42 Å². The summed E-state index contributed by atoms with van der Waals surface area (Å²) < 4.78 is 27.6. The molecule has 0 aromatic heterocycles. The number of carbonyl (C=O) groups excluding carboxylic acids is 1. The number of nitrogens with zero attached hydrogens (tertiary/aromatic N) is 2. The molecule has 160 valence electrons. The second-order valence-corrected chi connectivity index (χ2v) is 9.14. The number of nitrogens with one attached hydrogen (secondary N) is 2. The van der Waals surface area contributed by atoms with Crippen LogP contribution in [0.1, 0.15) is 30.9 Å². The molecule has 2 aromatic carbocycles. The minimum atomic E-state index is -3.71. The highest BCUT2D eigenvalue weighted by Gasteiger charge is 2.19. The number of likely N-dealkylation sites (N-methyl/N-ethyl adjacent to an activating group) is 1. The van der Waals surface area contributed by atoms with Crippen LogP contribution in [0.25, 0.3) is 0 Å². The molecule has 3 rings (SSSR count). The van der Waals surface area contributed by atoms with Crippen molar-refractivity contribution in [3.05, 3.63) is 59.7 Å². The van der Waals surface area contributed by atoms with Crippen molar-refractivity contribution in [1.82, 2.24) is 9.62 Å². The number of aryl methyl sites for hydroxylation is 1. The SMILES string of the molecule is CCc1ccc(CN(C)CC(=O)Nc2cccc(S(=O)(=O)NC3=NCCC3)c2)cc1. The van der Waals surface area contributed by atoms with Crippen LogP contribution in [0.4, 0.5) is 5.69 Å². The maximum atomic E-state index is 12.5. The van der Waals surface area contributed by atoms with Crippen molar-refractivity contribution in [1.29, 1.82) is 0 Å². The van der Waals surface area contributed by atoms with Gasteiger partial charge in [-0.05, 0) is 49.2 Å². The number of amidine groups is 1. The summed E-state index contributed by atoms with van der Waals surface area (Å²) in [5, 5.41) is 2.78. The molecule has 1 amide bonds. The molecule has 0 saturated carbocycles. The lowest BCUT2D eigenvalue weighted by Crippen LogP contribution is -2.30. The van der Waals surface area contributed by atoms with E-state index in [1.54, 1.807) is 12.1 Å². The molecule has 0 aliphatic carbocycles. The van der Waals surface area contributed by atoms with Gasteiger partial charge < -0.3 is 5.32 Å². The number of aliphatic imine (C=N–C) groups is 1. The van der Waals surface area contributed by atoms with Crippen molar-refractivity contribution in [3.8, 4) is 0 Å². The van der Waals surface area contributed by atoms with E-state index in [1.165, 1.54) is 17.7 Å². The van der Waals surface area contributed by atoms with E-state index >= 15 is 0 Å². The predicted octanol–water partition coefficient (Wildman–Crippen LogP) is 2.79. The van der Waals surface area contributed by atoms with Crippen molar-refractivity contribution in [3.63, 3.8) is 0 Å². The molecule has 0 spiro atoms. The van der Waals surface area contributed by atoms with Gasteiger partial charge in [0.05, 0.1) is 11.4 Å². The average molecular weight is 429 g/mol. The van der Waals surface area contributed by atoms with Crippen LogP contribution in [0.15, 0.2) is 58.4 Å². The molecule has 0 saturated heterocycles. The largest absolute Gasteiger partial charge is 0.325 e. The summed E-state index contributed by atoms with van der Waals surface area (Å²) in [4.78, 5) is 18.6. The lowest BCUT2D eigenvalue weighted by Gasteiger charge is -2.17. The molecule has 0 fully saturated rings. The van der Waals surface area contributed by atoms with E-state index in [0.717, 1.165) is 18.4 Å². The molecule has 0 atom stereocenters. The predicted molar refractivity (Wildman–Crippen MR) is 119 cm³/mol. The van der Waals surface area contributed by atoms with Gasteiger partial charge in [-0.2, -0.15) is 0 Å². The zero-order valence-electron chi connectivity index (χ0n) is 17.4. The molecule has 0 unspecified atom stereocenters. The quantitative estimate of drug-likeness (QED) is 0.676. The number of anilines is 1. The van der Waals surface area contributed by atoms with Crippen LogP contribution >= 0.6 is 0 Å². The Morgan fingerprint density at radius 2 is 1.87 bits per heavy atom. The van der Waals surface area contributed by atoms with E-state index in [9.17, 15) is 13.2 Å². The molecule has 1 heterocycles. The number of hydrogen-bond acceptors (Lipinski definition) is 5. The Kier molecular flexibility index (Phi) is 7.23. The minimum Gasteiger partial charge on any atom is -0.325 e. The van der Waals surface area contributed by atoms with Crippen LogP contribution in [0, 0.1) is 0 Å². The second kappa shape index (κ2) is 9.86. The summed E-state index contributed by atoms with van der Waals surface area (Å²) in [5.41, 5.74) is 2.86. The molecule has 0 radical (unpaired) electrons. The molecule has 2 aromatic rings. The van der Waals surface area contributed by atoms with Crippen molar-refractivity contribution < 1.29 is 13.2 Å². The highest BCUT2D eigenvalue weighted by atomic mass is 32.2. The summed E-state index contributed by atoms with van der Waals surface area (Å²) in [6, 6.07) is 14.6. The Bertz CT molecular complexity index is 1020. The Morgan fingerprint density at radius 3 is 2.53 bits per heavy atom. The van der Waals surface area contributed by atoms with Crippen LogP contribution in [0.2, 0.25) is 0 Å². The van der Waals surface area contributed by atoms with Crippen molar-refractivity contribution in [2.45, 2.75) is 37.6 Å².